The molecule has 4 nitrogen and oxygen atoms in total. The van der Waals surface area contributed by atoms with Gasteiger partial charge < -0.3 is 10.4 Å². The number of anilines is 1. The molecule has 0 spiro atoms. The van der Waals surface area contributed by atoms with Crippen LogP contribution in [0.3, 0.4) is 0 Å². The van der Waals surface area contributed by atoms with Gasteiger partial charge in [0.1, 0.15) is 0 Å². The summed E-state index contributed by atoms with van der Waals surface area (Å²) in [4.78, 5) is 25.5. The molecule has 1 fully saturated rings. The molecule has 8 heteroatoms. The van der Waals surface area contributed by atoms with E-state index in [2.05, 4.69) is 5.32 Å². The second-order valence-electron chi connectivity index (χ2n) is 10.5. The summed E-state index contributed by atoms with van der Waals surface area (Å²) in [7, 11) is 0. The van der Waals surface area contributed by atoms with Crippen molar-refractivity contribution in [2.24, 2.45) is 17.3 Å². The predicted octanol–water partition coefficient (Wildman–Crippen LogP) is 8.00. The van der Waals surface area contributed by atoms with Crippen LogP contribution >= 0.6 is 23.2 Å². The fraction of sp³-hybridized carbons (Fsp3) is 0.481. The summed E-state index contributed by atoms with van der Waals surface area (Å²) in [5, 5.41) is 13.3. The van der Waals surface area contributed by atoms with Crippen molar-refractivity contribution in [2.45, 2.75) is 64.7 Å². The monoisotopic (exact) mass is 525 g/mol. The molecule has 1 aliphatic rings. The average Bonchev–Trinajstić information content (AvgIpc) is 3.08. The quantitative estimate of drug-likeness (QED) is 0.384. The van der Waals surface area contributed by atoms with E-state index in [1.807, 2.05) is 27.7 Å². The molecule has 0 aromatic heterocycles. The topological polar surface area (TPSA) is 66.4 Å². The minimum Gasteiger partial charge on any atom is -0.481 e. The highest BCUT2D eigenvalue weighted by atomic mass is 35.5. The van der Waals surface area contributed by atoms with Gasteiger partial charge in [0.15, 0.2) is 0 Å². The van der Waals surface area contributed by atoms with Gasteiger partial charge in [0.05, 0.1) is 22.5 Å². The minimum absolute atomic E-state index is 0.227. The molecule has 0 radical (unpaired) electrons. The van der Waals surface area contributed by atoms with Crippen molar-refractivity contribution >= 4 is 40.8 Å². The average molecular weight is 526 g/mol. The number of nitrogens with one attached hydrogen (secondary N) is 1. The largest absolute Gasteiger partial charge is 0.481 e. The maximum absolute atomic E-state index is 14.8. The Morgan fingerprint density at radius 2 is 1.69 bits per heavy atom. The number of carboxylic acids is 1. The van der Waals surface area contributed by atoms with E-state index in [9.17, 15) is 23.5 Å². The van der Waals surface area contributed by atoms with Gasteiger partial charge in [-0.05, 0) is 59.6 Å². The number of benzene rings is 2. The second-order valence-corrected chi connectivity index (χ2v) is 11.3. The molecule has 1 amide bonds. The van der Waals surface area contributed by atoms with Crippen molar-refractivity contribution in [3.05, 3.63) is 63.6 Å². The first kappa shape index (κ1) is 27.4. The van der Waals surface area contributed by atoms with Crippen LogP contribution in [0.5, 0.6) is 0 Å². The fourth-order valence-electron chi connectivity index (χ4n) is 5.26. The Morgan fingerprint density at radius 3 is 2.20 bits per heavy atom. The van der Waals surface area contributed by atoms with Crippen LogP contribution in [0.2, 0.25) is 10.0 Å². The molecule has 190 valence electrons. The molecule has 3 rings (SSSR count). The Labute approximate surface area is 215 Å². The third-order valence-electron chi connectivity index (χ3n) is 6.95. The molecule has 0 aliphatic heterocycles. The SMILES string of the molecule is C[C@H](c1ccc(Cl)c(NC(=O)C(c2ccc(Cl)cc2)C2CCCC2(F)F)c1)C(C(=O)O)C(C)(C)C. The zero-order valence-corrected chi connectivity index (χ0v) is 21.8. The lowest BCUT2D eigenvalue weighted by Crippen LogP contribution is -2.35. The van der Waals surface area contributed by atoms with Crippen LogP contribution < -0.4 is 5.32 Å². The van der Waals surface area contributed by atoms with Gasteiger partial charge in [-0.3, -0.25) is 9.59 Å². The smallest absolute Gasteiger partial charge is 0.307 e. The lowest BCUT2D eigenvalue weighted by molar-refractivity contribution is -0.146. The minimum atomic E-state index is -2.97. The molecule has 0 bridgehead atoms. The highest BCUT2D eigenvalue weighted by Gasteiger charge is 2.50. The normalized spacial score (nSPS) is 20.2. The first-order valence-corrected chi connectivity index (χ1v) is 12.4. The van der Waals surface area contributed by atoms with Gasteiger partial charge in [-0.15, -0.1) is 0 Å². The lowest BCUT2D eigenvalue weighted by Gasteiger charge is -2.32. The number of alkyl halides is 2. The Morgan fingerprint density at radius 1 is 1.09 bits per heavy atom. The van der Waals surface area contributed by atoms with Crippen LogP contribution in [-0.4, -0.2) is 22.9 Å². The van der Waals surface area contributed by atoms with Crippen molar-refractivity contribution < 1.29 is 23.5 Å². The summed E-state index contributed by atoms with van der Waals surface area (Å²) >= 11 is 12.3. The highest BCUT2D eigenvalue weighted by Crippen LogP contribution is 2.48. The number of rotatable bonds is 7. The third kappa shape index (κ3) is 6.15. The number of carboxylic acid groups (broad SMARTS) is 1. The van der Waals surface area contributed by atoms with E-state index >= 15 is 0 Å². The van der Waals surface area contributed by atoms with E-state index in [4.69, 9.17) is 23.2 Å². The first-order chi connectivity index (χ1) is 16.2. The Balaban J connectivity index is 1.96. The summed E-state index contributed by atoms with van der Waals surface area (Å²) in [6.07, 6.45) is 0.308. The number of amides is 1. The number of carbonyl (C=O) groups is 2. The van der Waals surface area contributed by atoms with E-state index < -0.39 is 41.0 Å². The van der Waals surface area contributed by atoms with E-state index in [0.29, 0.717) is 22.6 Å². The van der Waals surface area contributed by atoms with Crippen LogP contribution in [0.25, 0.3) is 0 Å². The van der Waals surface area contributed by atoms with Gasteiger partial charge in [0.2, 0.25) is 5.91 Å². The Hall–Kier alpha value is -2.18. The molecule has 0 saturated heterocycles. The van der Waals surface area contributed by atoms with Crippen LogP contribution in [0.1, 0.15) is 69.9 Å². The standard InChI is InChI=1S/C27H31Cl2F2NO3/c1-15(23(25(34)35)26(2,3)4)17-9-12-20(29)21(14-17)32-24(33)22(16-7-10-18(28)11-8-16)19-6-5-13-27(19,30)31/h7-12,14-15,19,22-23H,5-6,13H2,1-4H3,(H,32,33)(H,34,35)/t15-,19?,22?,23?/m1/s1. The molecular formula is C27H31Cl2F2NO3. The van der Waals surface area contributed by atoms with Gasteiger partial charge in [0, 0.05) is 17.4 Å². The van der Waals surface area contributed by atoms with E-state index in [1.54, 1.807) is 42.5 Å². The van der Waals surface area contributed by atoms with E-state index in [-0.39, 0.29) is 29.5 Å². The Bertz CT molecular complexity index is 1080. The zero-order valence-electron chi connectivity index (χ0n) is 20.2. The molecule has 1 aliphatic carbocycles. The second kappa shape index (κ2) is 10.4. The first-order valence-electron chi connectivity index (χ1n) is 11.7. The molecular weight excluding hydrogens is 495 g/mol. The predicted molar refractivity (Wildman–Crippen MR) is 136 cm³/mol. The maximum Gasteiger partial charge on any atom is 0.307 e. The number of hydrogen-bond acceptors (Lipinski definition) is 2. The molecule has 2 aromatic rings. The molecule has 3 unspecified atom stereocenters. The van der Waals surface area contributed by atoms with Gasteiger partial charge in [-0.1, -0.05) is 69.1 Å². The number of halogens is 4. The molecule has 0 heterocycles. The van der Waals surface area contributed by atoms with Crippen molar-refractivity contribution in [1.82, 2.24) is 0 Å². The van der Waals surface area contributed by atoms with Crippen LogP contribution in [0, 0.1) is 17.3 Å². The zero-order chi connectivity index (χ0) is 26.1. The van der Waals surface area contributed by atoms with Crippen molar-refractivity contribution in [1.29, 1.82) is 0 Å². The van der Waals surface area contributed by atoms with Gasteiger partial charge in [-0.25, -0.2) is 8.78 Å². The number of hydrogen-bond donors (Lipinski definition) is 2. The summed E-state index contributed by atoms with van der Waals surface area (Å²) in [6, 6.07) is 11.3. The molecule has 1 saturated carbocycles. The highest BCUT2D eigenvalue weighted by molar-refractivity contribution is 6.33. The maximum atomic E-state index is 14.8. The van der Waals surface area contributed by atoms with Crippen LogP contribution in [-0.2, 0) is 9.59 Å². The molecule has 2 N–H and O–H groups in total. The van der Waals surface area contributed by atoms with Crippen molar-refractivity contribution in [3.63, 3.8) is 0 Å². The molecule has 2 aromatic carbocycles. The van der Waals surface area contributed by atoms with Crippen molar-refractivity contribution in [3.8, 4) is 0 Å². The molecule has 4 atom stereocenters. The number of aliphatic carboxylic acids is 1. The summed E-state index contributed by atoms with van der Waals surface area (Å²) in [5.41, 5.74) is 0.889. The van der Waals surface area contributed by atoms with E-state index in [0.717, 1.165) is 0 Å². The van der Waals surface area contributed by atoms with Gasteiger partial charge >= 0.3 is 5.97 Å². The van der Waals surface area contributed by atoms with Gasteiger partial charge in [0.25, 0.3) is 5.92 Å². The number of carbonyl (C=O) groups excluding carboxylic acids is 1. The summed E-state index contributed by atoms with van der Waals surface area (Å²) < 4.78 is 29.5. The van der Waals surface area contributed by atoms with E-state index in [1.165, 1.54) is 0 Å². The summed E-state index contributed by atoms with van der Waals surface area (Å²) in [5.74, 6) is -7.79. The Kier molecular flexibility index (Phi) is 8.17. The van der Waals surface area contributed by atoms with Crippen LogP contribution in [0.15, 0.2) is 42.5 Å². The lowest BCUT2D eigenvalue weighted by atomic mass is 9.71. The molecule has 35 heavy (non-hydrogen) atoms. The van der Waals surface area contributed by atoms with Crippen LogP contribution in [0.4, 0.5) is 14.5 Å². The van der Waals surface area contributed by atoms with Crippen molar-refractivity contribution in [2.75, 3.05) is 5.32 Å². The third-order valence-corrected chi connectivity index (χ3v) is 7.54. The van der Waals surface area contributed by atoms with Gasteiger partial charge in [-0.2, -0.15) is 0 Å². The summed E-state index contributed by atoms with van der Waals surface area (Å²) in [6.45, 7) is 7.40. The fourth-order valence-corrected chi connectivity index (χ4v) is 5.55.